The van der Waals surface area contributed by atoms with E-state index in [0.717, 1.165) is 22.1 Å². The van der Waals surface area contributed by atoms with Crippen molar-refractivity contribution in [3.8, 4) is 0 Å². The molecule has 1 N–H and O–H groups in total. The zero-order valence-corrected chi connectivity index (χ0v) is 9.11. The number of hydrogen-bond donors (Lipinski definition) is 1. The molecule has 0 bridgehead atoms. The Bertz CT molecular complexity index is 263. The van der Waals surface area contributed by atoms with E-state index >= 15 is 0 Å². The zero-order valence-electron chi connectivity index (χ0n) is 7.53. The van der Waals surface area contributed by atoms with Crippen LogP contribution in [0, 0.1) is 0 Å². The Morgan fingerprint density at radius 3 is 2.77 bits per heavy atom. The minimum atomic E-state index is -0.243. The minimum Gasteiger partial charge on any atom is -0.393 e. The van der Waals surface area contributed by atoms with Crippen LogP contribution in [0.1, 0.15) is 12.5 Å². The van der Waals surface area contributed by atoms with E-state index in [9.17, 15) is 0 Å². The van der Waals surface area contributed by atoms with Crippen molar-refractivity contribution in [3.63, 3.8) is 0 Å². The Morgan fingerprint density at radius 1 is 1.46 bits per heavy atom. The van der Waals surface area contributed by atoms with Gasteiger partial charge in [0, 0.05) is 16.5 Å². The lowest BCUT2D eigenvalue weighted by Crippen LogP contribution is -2.02. The molecule has 0 heterocycles. The Morgan fingerprint density at radius 2 is 2.15 bits per heavy atom. The molecule has 1 nitrogen and oxygen atoms in total. The molecule has 0 unspecified atom stereocenters. The van der Waals surface area contributed by atoms with E-state index in [1.54, 1.807) is 18.7 Å². The van der Waals surface area contributed by atoms with Gasteiger partial charge < -0.3 is 5.11 Å². The van der Waals surface area contributed by atoms with E-state index in [1.807, 2.05) is 24.3 Å². The predicted molar refractivity (Wildman–Crippen MR) is 59.3 cm³/mol. The quantitative estimate of drug-likeness (QED) is 0.835. The third-order valence-corrected chi connectivity index (χ3v) is 3.18. The van der Waals surface area contributed by atoms with Gasteiger partial charge in [-0.15, -0.1) is 0 Å². The molecular weight excluding hydrogens is 204 g/mol. The van der Waals surface area contributed by atoms with Crippen LogP contribution in [0.3, 0.4) is 0 Å². The second-order valence-electron chi connectivity index (χ2n) is 2.96. The smallest absolute Gasteiger partial charge is 0.0602 e. The fraction of sp³-hybridized carbons (Fsp3) is 0.400. The number of hydrogen-bond acceptors (Lipinski definition) is 2. The van der Waals surface area contributed by atoms with Crippen LogP contribution in [-0.2, 0) is 5.75 Å². The zero-order chi connectivity index (χ0) is 9.68. The van der Waals surface area contributed by atoms with Crippen LogP contribution in [0.5, 0.6) is 0 Å². The number of thioether (sulfide) groups is 1. The summed E-state index contributed by atoms with van der Waals surface area (Å²) < 4.78 is 0. The summed E-state index contributed by atoms with van der Waals surface area (Å²) in [5, 5.41) is 9.85. The van der Waals surface area contributed by atoms with Crippen LogP contribution in [-0.4, -0.2) is 17.0 Å². The van der Waals surface area contributed by atoms with Crippen LogP contribution in [0.4, 0.5) is 0 Å². The van der Waals surface area contributed by atoms with E-state index < -0.39 is 0 Å². The standard InChI is InChI=1S/C10H13ClOS/c1-8(12)6-13-7-9-4-2-3-5-10(9)11/h2-5,8,12H,6-7H2,1H3/t8-/m0/s1. The molecule has 0 radical (unpaired) electrons. The average Bonchev–Trinajstić information content (AvgIpc) is 2.08. The molecule has 0 aliphatic rings. The summed E-state index contributed by atoms with van der Waals surface area (Å²) >= 11 is 7.66. The average molecular weight is 217 g/mol. The van der Waals surface area contributed by atoms with Crippen molar-refractivity contribution < 1.29 is 5.11 Å². The molecule has 0 saturated heterocycles. The van der Waals surface area contributed by atoms with E-state index in [4.69, 9.17) is 16.7 Å². The molecule has 1 atom stereocenters. The maximum Gasteiger partial charge on any atom is 0.0602 e. The molecule has 13 heavy (non-hydrogen) atoms. The van der Waals surface area contributed by atoms with Crippen molar-refractivity contribution in [2.24, 2.45) is 0 Å². The van der Waals surface area contributed by atoms with Crippen LogP contribution in [0.25, 0.3) is 0 Å². The molecule has 0 aliphatic heterocycles. The van der Waals surface area contributed by atoms with Crippen LogP contribution in [0.15, 0.2) is 24.3 Å². The molecule has 1 aromatic carbocycles. The van der Waals surface area contributed by atoms with Crippen molar-refractivity contribution in [1.82, 2.24) is 0 Å². The third kappa shape index (κ3) is 4.03. The number of benzene rings is 1. The summed E-state index contributed by atoms with van der Waals surface area (Å²) in [6.45, 7) is 1.79. The van der Waals surface area contributed by atoms with Gasteiger partial charge in [-0.25, -0.2) is 0 Å². The maximum absolute atomic E-state index is 9.05. The molecular formula is C10H13ClOS. The topological polar surface area (TPSA) is 20.2 Å². The highest BCUT2D eigenvalue weighted by Crippen LogP contribution is 2.20. The Hall–Kier alpha value is -0.180. The minimum absolute atomic E-state index is 0.243. The highest BCUT2D eigenvalue weighted by molar-refractivity contribution is 7.98. The molecule has 0 fully saturated rings. The predicted octanol–water partition coefficient (Wildman–Crippen LogP) is 2.95. The van der Waals surface area contributed by atoms with E-state index in [0.29, 0.717) is 0 Å². The van der Waals surface area contributed by atoms with Crippen LogP contribution >= 0.6 is 23.4 Å². The molecule has 1 aromatic rings. The van der Waals surface area contributed by atoms with Crippen LogP contribution in [0.2, 0.25) is 5.02 Å². The van der Waals surface area contributed by atoms with E-state index in [-0.39, 0.29) is 6.10 Å². The first kappa shape index (κ1) is 10.9. The maximum atomic E-state index is 9.05. The fourth-order valence-corrected chi connectivity index (χ4v) is 2.17. The fourth-order valence-electron chi connectivity index (χ4n) is 0.955. The summed E-state index contributed by atoms with van der Waals surface area (Å²) in [7, 11) is 0. The molecule has 0 saturated carbocycles. The van der Waals surface area contributed by atoms with Gasteiger partial charge in [0.2, 0.25) is 0 Å². The van der Waals surface area contributed by atoms with E-state index in [1.165, 1.54) is 0 Å². The van der Waals surface area contributed by atoms with Gasteiger partial charge in [-0.1, -0.05) is 29.8 Å². The molecule has 72 valence electrons. The molecule has 0 aliphatic carbocycles. The molecule has 3 heteroatoms. The van der Waals surface area contributed by atoms with Crippen molar-refractivity contribution in [2.45, 2.75) is 18.8 Å². The molecule has 0 aromatic heterocycles. The van der Waals surface area contributed by atoms with Crippen LogP contribution < -0.4 is 0 Å². The molecule has 0 spiro atoms. The highest BCUT2D eigenvalue weighted by Gasteiger charge is 2.00. The van der Waals surface area contributed by atoms with Gasteiger partial charge in [0.1, 0.15) is 0 Å². The van der Waals surface area contributed by atoms with Crippen molar-refractivity contribution in [3.05, 3.63) is 34.9 Å². The summed E-state index contributed by atoms with van der Waals surface area (Å²) in [4.78, 5) is 0. The summed E-state index contributed by atoms with van der Waals surface area (Å²) in [5.74, 6) is 1.62. The van der Waals surface area contributed by atoms with Gasteiger partial charge in [-0.3, -0.25) is 0 Å². The van der Waals surface area contributed by atoms with Crippen molar-refractivity contribution >= 4 is 23.4 Å². The first-order valence-corrected chi connectivity index (χ1v) is 5.72. The second-order valence-corrected chi connectivity index (χ2v) is 4.39. The number of rotatable bonds is 4. The summed E-state index contributed by atoms with van der Waals surface area (Å²) in [6.07, 6.45) is -0.243. The van der Waals surface area contributed by atoms with Gasteiger partial charge in [-0.05, 0) is 18.6 Å². The number of halogens is 1. The van der Waals surface area contributed by atoms with Gasteiger partial charge in [0.05, 0.1) is 6.10 Å². The second kappa shape index (κ2) is 5.53. The molecule has 0 amide bonds. The number of aliphatic hydroxyl groups excluding tert-OH is 1. The Kier molecular flexibility index (Phi) is 4.64. The summed E-state index contributed by atoms with van der Waals surface area (Å²) in [5.41, 5.74) is 1.13. The number of aliphatic hydroxyl groups is 1. The molecule has 1 rings (SSSR count). The third-order valence-electron chi connectivity index (χ3n) is 1.57. The first-order chi connectivity index (χ1) is 6.20. The van der Waals surface area contributed by atoms with Gasteiger partial charge in [0.15, 0.2) is 0 Å². The Labute approximate surface area is 88.1 Å². The Balaban J connectivity index is 2.41. The van der Waals surface area contributed by atoms with Gasteiger partial charge in [0.25, 0.3) is 0 Å². The normalized spacial score (nSPS) is 12.8. The lowest BCUT2D eigenvalue weighted by Gasteiger charge is -2.05. The monoisotopic (exact) mass is 216 g/mol. The first-order valence-electron chi connectivity index (χ1n) is 4.19. The van der Waals surface area contributed by atoms with Crippen molar-refractivity contribution in [2.75, 3.05) is 5.75 Å². The summed E-state index contributed by atoms with van der Waals surface area (Å²) in [6, 6.07) is 7.80. The van der Waals surface area contributed by atoms with Gasteiger partial charge in [-0.2, -0.15) is 11.8 Å². The highest BCUT2D eigenvalue weighted by atomic mass is 35.5. The lowest BCUT2D eigenvalue weighted by molar-refractivity contribution is 0.220. The van der Waals surface area contributed by atoms with Gasteiger partial charge >= 0.3 is 0 Å². The van der Waals surface area contributed by atoms with E-state index in [2.05, 4.69) is 0 Å². The largest absolute Gasteiger partial charge is 0.393 e. The van der Waals surface area contributed by atoms with Crippen molar-refractivity contribution in [1.29, 1.82) is 0 Å². The SMILES string of the molecule is C[C@H](O)CSCc1ccccc1Cl. The lowest BCUT2D eigenvalue weighted by atomic mass is 10.2.